The maximum Gasteiger partial charge on any atom is 0.343 e. The minimum atomic E-state index is -1.96. The van der Waals surface area contributed by atoms with Crippen LogP contribution in [0, 0.1) is 0 Å². The molecule has 0 unspecified atom stereocenters. The van der Waals surface area contributed by atoms with Crippen LogP contribution in [0.5, 0.6) is 11.5 Å². The molecular weight excluding hydrogens is 494 g/mol. The van der Waals surface area contributed by atoms with Crippen molar-refractivity contribution in [3.63, 3.8) is 0 Å². The van der Waals surface area contributed by atoms with Crippen LogP contribution in [0.3, 0.4) is 0 Å². The molecule has 1 amide bonds. The quantitative estimate of drug-likeness (QED) is 0.169. The van der Waals surface area contributed by atoms with Crippen molar-refractivity contribution in [1.29, 1.82) is 0 Å². The average Bonchev–Trinajstić information content (AvgIpc) is 2.90. The number of aryl methyl sites for hydroxylation is 1. The maximum absolute atomic E-state index is 12.7. The number of hydrogen-bond acceptors (Lipinski definition) is 9. The molecule has 0 heterocycles. The summed E-state index contributed by atoms with van der Waals surface area (Å²) in [6.07, 6.45) is 0.400. The number of ether oxygens (including phenoxy) is 4. The van der Waals surface area contributed by atoms with Crippen molar-refractivity contribution >= 4 is 29.6 Å². The molecule has 0 aromatic heterocycles. The fraction of sp³-hybridized carbons (Fsp3) is 0.393. The van der Waals surface area contributed by atoms with Crippen molar-refractivity contribution in [2.75, 3.05) is 19.8 Å². The molecule has 0 aliphatic carbocycles. The van der Waals surface area contributed by atoms with Gasteiger partial charge in [0.05, 0.1) is 13.2 Å². The molecule has 0 spiro atoms. The van der Waals surface area contributed by atoms with Crippen molar-refractivity contribution in [1.82, 2.24) is 5.32 Å². The SMILES string of the molecule is CCOC(=O)C(CCc1ccc(Oc2ccc(C(=O)COC(=O)CC)cc2)cc1)(NC(C)=O)C(=O)OCC. The van der Waals surface area contributed by atoms with Gasteiger partial charge in [0.15, 0.2) is 12.4 Å². The van der Waals surface area contributed by atoms with E-state index in [1.165, 1.54) is 6.92 Å². The molecule has 10 heteroatoms. The summed E-state index contributed by atoms with van der Waals surface area (Å²) >= 11 is 0. The van der Waals surface area contributed by atoms with Crippen LogP contribution in [0.15, 0.2) is 48.5 Å². The topological polar surface area (TPSA) is 134 Å². The summed E-state index contributed by atoms with van der Waals surface area (Å²) in [5.41, 5.74) is -0.785. The summed E-state index contributed by atoms with van der Waals surface area (Å²) in [6, 6.07) is 13.4. The summed E-state index contributed by atoms with van der Waals surface area (Å²) in [7, 11) is 0. The molecule has 0 aliphatic rings. The molecule has 10 nitrogen and oxygen atoms in total. The molecule has 2 aromatic rings. The molecule has 2 aromatic carbocycles. The number of carbonyl (C=O) groups excluding carboxylic acids is 5. The highest BCUT2D eigenvalue weighted by molar-refractivity contribution is 6.07. The Balaban J connectivity index is 2.08. The van der Waals surface area contributed by atoms with Gasteiger partial charge in [-0.2, -0.15) is 0 Å². The third kappa shape index (κ3) is 8.43. The molecule has 0 saturated carbocycles. The second-order valence-corrected chi connectivity index (χ2v) is 8.24. The number of carbonyl (C=O) groups is 5. The molecule has 0 radical (unpaired) electrons. The summed E-state index contributed by atoms with van der Waals surface area (Å²) in [5.74, 6) is -2.06. The Bertz CT molecular complexity index is 1110. The van der Waals surface area contributed by atoms with E-state index in [2.05, 4.69) is 5.32 Å². The Morgan fingerprint density at radius 2 is 1.29 bits per heavy atom. The van der Waals surface area contributed by atoms with Crippen LogP contribution in [0.1, 0.15) is 56.5 Å². The first-order chi connectivity index (χ1) is 18.1. The van der Waals surface area contributed by atoms with E-state index in [1.54, 1.807) is 69.3 Å². The number of amides is 1. The van der Waals surface area contributed by atoms with Crippen LogP contribution >= 0.6 is 0 Å². The largest absolute Gasteiger partial charge is 0.464 e. The summed E-state index contributed by atoms with van der Waals surface area (Å²) in [4.78, 5) is 60.7. The van der Waals surface area contributed by atoms with Crippen LogP contribution in [-0.4, -0.2) is 55.0 Å². The second kappa shape index (κ2) is 14.5. The van der Waals surface area contributed by atoms with E-state index < -0.39 is 29.4 Å². The van der Waals surface area contributed by atoms with E-state index in [1.807, 2.05) is 0 Å². The lowest BCUT2D eigenvalue weighted by molar-refractivity contribution is -0.168. The smallest absolute Gasteiger partial charge is 0.343 e. The lowest BCUT2D eigenvalue weighted by Gasteiger charge is -2.29. The zero-order chi connectivity index (χ0) is 28.1. The van der Waals surface area contributed by atoms with E-state index in [9.17, 15) is 24.0 Å². The normalized spacial score (nSPS) is 10.7. The number of ketones is 1. The van der Waals surface area contributed by atoms with Crippen molar-refractivity contribution < 1.29 is 42.9 Å². The van der Waals surface area contributed by atoms with Crippen molar-refractivity contribution in [2.24, 2.45) is 0 Å². The monoisotopic (exact) mass is 527 g/mol. The molecule has 0 bridgehead atoms. The average molecular weight is 528 g/mol. The number of benzene rings is 2. The number of esters is 3. The van der Waals surface area contributed by atoms with Crippen LogP contribution < -0.4 is 10.1 Å². The van der Waals surface area contributed by atoms with Crippen LogP contribution in [0.4, 0.5) is 0 Å². The second-order valence-electron chi connectivity index (χ2n) is 8.24. The Morgan fingerprint density at radius 1 is 0.763 bits per heavy atom. The first-order valence-corrected chi connectivity index (χ1v) is 12.3. The molecule has 2 rings (SSSR count). The zero-order valence-electron chi connectivity index (χ0n) is 22.0. The molecule has 204 valence electrons. The molecule has 0 saturated heterocycles. The Kier molecular flexibility index (Phi) is 11.5. The van der Waals surface area contributed by atoms with Gasteiger partial charge in [0, 0.05) is 18.9 Å². The van der Waals surface area contributed by atoms with Crippen LogP contribution in [-0.2, 0) is 39.8 Å². The Labute approximate surface area is 221 Å². The lowest BCUT2D eigenvalue weighted by atomic mass is 9.90. The predicted octanol–water partition coefficient (Wildman–Crippen LogP) is 3.55. The van der Waals surface area contributed by atoms with Gasteiger partial charge in [0.25, 0.3) is 0 Å². The first kappa shape index (κ1) is 30.0. The van der Waals surface area contributed by atoms with E-state index in [4.69, 9.17) is 18.9 Å². The predicted molar refractivity (Wildman–Crippen MR) is 137 cm³/mol. The highest BCUT2D eigenvalue weighted by Crippen LogP contribution is 2.24. The Hall–Kier alpha value is -4.21. The van der Waals surface area contributed by atoms with Gasteiger partial charge in [-0.05, 0) is 68.7 Å². The van der Waals surface area contributed by atoms with Gasteiger partial charge < -0.3 is 24.3 Å². The van der Waals surface area contributed by atoms with Crippen molar-refractivity contribution in [3.05, 3.63) is 59.7 Å². The van der Waals surface area contributed by atoms with Gasteiger partial charge in [0.1, 0.15) is 11.5 Å². The number of hydrogen-bond donors (Lipinski definition) is 1. The fourth-order valence-electron chi connectivity index (χ4n) is 3.49. The van der Waals surface area contributed by atoms with E-state index >= 15 is 0 Å². The fourth-order valence-corrected chi connectivity index (χ4v) is 3.49. The molecule has 0 aliphatic heterocycles. The minimum absolute atomic E-state index is 0.0348. The lowest BCUT2D eigenvalue weighted by Crippen LogP contribution is -2.61. The van der Waals surface area contributed by atoms with Crippen molar-refractivity contribution in [3.8, 4) is 11.5 Å². The van der Waals surface area contributed by atoms with E-state index in [-0.39, 0.29) is 44.9 Å². The number of rotatable bonds is 14. The van der Waals surface area contributed by atoms with E-state index in [0.717, 1.165) is 5.56 Å². The van der Waals surface area contributed by atoms with Gasteiger partial charge in [0.2, 0.25) is 11.4 Å². The Morgan fingerprint density at radius 3 is 1.76 bits per heavy atom. The van der Waals surface area contributed by atoms with Gasteiger partial charge in [-0.25, -0.2) is 9.59 Å². The molecular formula is C28H33NO9. The van der Waals surface area contributed by atoms with Gasteiger partial charge >= 0.3 is 17.9 Å². The van der Waals surface area contributed by atoms with Crippen LogP contribution in [0.2, 0.25) is 0 Å². The maximum atomic E-state index is 12.7. The highest BCUT2D eigenvalue weighted by atomic mass is 16.6. The summed E-state index contributed by atoms with van der Waals surface area (Å²) in [5, 5.41) is 2.44. The summed E-state index contributed by atoms with van der Waals surface area (Å²) < 4.78 is 20.9. The third-order valence-corrected chi connectivity index (χ3v) is 5.41. The first-order valence-electron chi connectivity index (χ1n) is 12.3. The van der Waals surface area contributed by atoms with Gasteiger partial charge in [-0.3, -0.25) is 14.4 Å². The minimum Gasteiger partial charge on any atom is -0.464 e. The highest BCUT2D eigenvalue weighted by Gasteiger charge is 2.49. The number of Topliss-reactive ketones (excluding diaryl/α,β-unsaturated/α-hetero) is 1. The molecule has 1 N–H and O–H groups in total. The molecule has 0 atom stereocenters. The van der Waals surface area contributed by atoms with Crippen molar-refractivity contribution in [2.45, 2.75) is 52.5 Å². The molecule has 0 fully saturated rings. The van der Waals surface area contributed by atoms with Crippen LogP contribution in [0.25, 0.3) is 0 Å². The van der Waals surface area contributed by atoms with E-state index in [0.29, 0.717) is 17.1 Å². The van der Waals surface area contributed by atoms with Gasteiger partial charge in [-0.15, -0.1) is 0 Å². The third-order valence-electron chi connectivity index (χ3n) is 5.41. The number of nitrogens with one attached hydrogen (secondary N) is 1. The standard InChI is InChI=1S/C28H33NO9/c1-5-25(32)37-18-24(31)21-10-14-23(15-11-21)38-22-12-8-20(9-13-22)16-17-28(29-19(4)30,26(33)35-6-2)27(34)36-7-3/h8-15H,5-7,16-18H2,1-4H3,(H,29,30). The molecule has 38 heavy (non-hydrogen) atoms. The van der Waals surface area contributed by atoms with Gasteiger partial charge in [-0.1, -0.05) is 19.1 Å². The summed E-state index contributed by atoms with van der Waals surface area (Å²) in [6.45, 7) is 5.83. The zero-order valence-corrected chi connectivity index (χ0v) is 22.0.